The molecular weight excluding hydrogens is 480 g/mol. The van der Waals surface area contributed by atoms with Gasteiger partial charge < -0.3 is 4.74 Å². The van der Waals surface area contributed by atoms with Gasteiger partial charge in [0, 0.05) is 10.9 Å². The fraction of sp³-hybridized carbons (Fsp3) is 0.192. The third kappa shape index (κ3) is 6.08. The third-order valence-corrected chi connectivity index (χ3v) is 5.99. The number of carbonyl (C=O) groups excluding carboxylic acids is 1. The second kappa shape index (κ2) is 9.82. The molecule has 1 heterocycles. The van der Waals surface area contributed by atoms with Crippen LogP contribution in [0.1, 0.15) is 26.3 Å². The molecule has 10 heteroatoms. The van der Waals surface area contributed by atoms with Crippen molar-refractivity contribution in [2.24, 2.45) is 0 Å². The highest BCUT2D eigenvalue weighted by Crippen LogP contribution is 2.27. The van der Waals surface area contributed by atoms with Crippen LogP contribution in [0.5, 0.6) is 0 Å². The lowest BCUT2D eigenvalue weighted by Gasteiger charge is -2.19. The number of fused-ring (bicyclic) bond motifs is 1. The second-order valence-electron chi connectivity index (χ2n) is 9.13. The predicted octanol–water partition coefficient (Wildman–Crippen LogP) is 4.29. The summed E-state index contributed by atoms with van der Waals surface area (Å²) in [7, 11) is -4.25. The van der Waals surface area contributed by atoms with Crippen molar-refractivity contribution in [2.75, 3.05) is 4.72 Å². The lowest BCUT2D eigenvalue weighted by atomic mass is 10.0. The van der Waals surface area contributed by atoms with Crippen LogP contribution in [-0.4, -0.2) is 29.9 Å². The van der Waals surface area contributed by atoms with E-state index in [1.54, 1.807) is 63.2 Å². The molecule has 1 aromatic heterocycles. The molecule has 0 fully saturated rings. The predicted molar refractivity (Wildman–Crippen MR) is 139 cm³/mol. The van der Waals surface area contributed by atoms with Crippen LogP contribution in [0.3, 0.4) is 0 Å². The lowest BCUT2D eigenvalue weighted by Crippen LogP contribution is -2.39. The summed E-state index contributed by atoms with van der Waals surface area (Å²) in [5.41, 5.74) is 1.15. The molecule has 0 spiro atoms. The van der Waals surface area contributed by atoms with Gasteiger partial charge in [0.25, 0.3) is 5.56 Å². The number of aromatic nitrogens is 2. The number of ether oxygens (including phenoxy) is 1. The Balaban J connectivity index is 1.70. The van der Waals surface area contributed by atoms with Gasteiger partial charge in [0.15, 0.2) is 0 Å². The molecule has 9 nitrogen and oxygen atoms in total. The Morgan fingerprint density at radius 2 is 1.61 bits per heavy atom. The van der Waals surface area contributed by atoms with Crippen LogP contribution >= 0.6 is 0 Å². The van der Waals surface area contributed by atoms with Crippen molar-refractivity contribution < 1.29 is 17.9 Å². The fourth-order valence-electron chi connectivity index (χ4n) is 3.63. The normalized spacial score (nSPS) is 11.8. The lowest BCUT2D eigenvalue weighted by molar-refractivity contribution is 0.0570. The molecule has 0 saturated carbocycles. The summed E-state index contributed by atoms with van der Waals surface area (Å²) in [6, 6.07) is 23.2. The average Bonchev–Trinajstić information content (AvgIpc) is 2.80. The topological polar surface area (TPSA) is 119 Å². The summed E-state index contributed by atoms with van der Waals surface area (Å²) in [5, 5.41) is 5.76. The van der Waals surface area contributed by atoms with E-state index in [0.717, 1.165) is 5.56 Å². The Morgan fingerprint density at radius 3 is 2.31 bits per heavy atom. The molecule has 36 heavy (non-hydrogen) atoms. The van der Waals surface area contributed by atoms with Crippen molar-refractivity contribution in [2.45, 2.75) is 32.9 Å². The van der Waals surface area contributed by atoms with Crippen LogP contribution in [-0.2, 0) is 21.5 Å². The molecule has 0 aliphatic rings. The van der Waals surface area contributed by atoms with Crippen LogP contribution in [0.2, 0.25) is 0 Å². The highest BCUT2D eigenvalue weighted by atomic mass is 32.2. The molecule has 0 aliphatic heterocycles. The van der Waals surface area contributed by atoms with Gasteiger partial charge in [-0.3, -0.25) is 9.52 Å². The van der Waals surface area contributed by atoms with Crippen molar-refractivity contribution in [3.05, 3.63) is 94.8 Å². The monoisotopic (exact) mass is 506 g/mol. The summed E-state index contributed by atoms with van der Waals surface area (Å²) in [6.07, 6.45) is -1.09. The van der Waals surface area contributed by atoms with Crippen LogP contribution in [0.4, 0.5) is 10.5 Å². The number of rotatable bonds is 6. The standard InChI is InChI=1S/C26H26N4O5S/c1-26(2,3)35-25(32)29-36(33,34)28-20-13-9-12-19(16-20)23-21-14-7-8-15-22(21)24(31)30(27-23)17-18-10-5-4-6-11-18/h4-16,28H,17H2,1-3H3,(H,29,32). The van der Waals surface area contributed by atoms with Crippen molar-refractivity contribution in [1.82, 2.24) is 14.5 Å². The van der Waals surface area contributed by atoms with Gasteiger partial charge in [0.1, 0.15) is 5.60 Å². The van der Waals surface area contributed by atoms with Gasteiger partial charge in [-0.05, 0) is 44.5 Å². The molecule has 4 aromatic rings. The fourth-order valence-corrected chi connectivity index (χ4v) is 4.38. The molecule has 186 valence electrons. The summed E-state index contributed by atoms with van der Waals surface area (Å²) < 4.78 is 35.5. The molecule has 2 N–H and O–H groups in total. The Kier molecular flexibility index (Phi) is 6.80. The van der Waals surface area contributed by atoms with E-state index in [1.807, 2.05) is 41.1 Å². The molecule has 0 radical (unpaired) electrons. The van der Waals surface area contributed by atoms with Crippen molar-refractivity contribution in [1.29, 1.82) is 0 Å². The number of anilines is 1. The number of nitrogens with zero attached hydrogens (tertiary/aromatic N) is 2. The largest absolute Gasteiger partial charge is 0.443 e. The van der Waals surface area contributed by atoms with E-state index in [0.29, 0.717) is 22.0 Å². The molecule has 3 aromatic carbocycles. The molecule has 0 aliphatic carbocycles. The van der Waals surface area contributed by atoms with Crippen molar-refractivity contribution in [3.63, 3.8) is 0 Å². The maximum absolute atomic E-state index is 13.1. The number of carbonyl (C=O) groups is 1. The Morgan fingerprint density at radius 1 is 0.944 bits per heavy atom. The number of hydrogen-bond donors (Lipinski definition) is 2. The summed E-state index contributed by atoms with van der Waals surface area (Å²) in [6.45, 7) is 5.17. The van der Waals surface area contributed by atoms with E-state index in [2.05, 4.69) is 9.82 Å². The van der Waals surface area contributed by atoms with Gasteiger partial charge in [0.05, 0.1) is 23.3 Å². The molecule has 0 saturated heterocycles. The number of benzene rings is 3. The van der Waals surface area contributed by atoms with Crippen molar-refractivity contribution >= 4 is 32.8 Å². The first-order chi connectivity index (χ1) is 17.0. The van der Waals surface area contributed by atoms with Crippen LogP contribution in [0.15, 0.2) is 83.7 Å². The highest BCUT2D eigenvalue weighted by molar-refractivity contribution is 7.91. The van der Waals surface area contributed by atoms with Crippen LogP contribution in [0, 0.1) is 0 Å². The maximum Gasteiger partial charge on any atom is 0.422 e. The zero-order valence-corrected chi connectivity index (χ0v) is 20.9. The van der Waals surface area contributed by atoms with E-state index < -0.39 is 21.9 Å². The van der Waals surface area contributed by atoms with E-state index in [1.165, 1.54) is 4.68 Å². The molecule has 0 atom stereocenters. The number of amides is 1. The van der Waals surface area contributed by atoms with Gasteiger partial charge in [-0.25, -0.2) is 14.2 Å². The van der Waals surface area contributed by atoms with Gasteiger partial charge in [-0.2, -0.15) is 13.5 Å². The molecule has 4 rings (SSSR count). The third-order valence-electron chi connectivity index (χ3n) is 5.05. The smallest absolute Gasteiger partial charge is 0.422 e. The maximum atomic E-state index is 13.1. The number of nitrogens with one attached hydrogen (secondary N) is 2. The molecular formula is C26H26N4O5S. The minimum absolute atomic E-state index is 0.204. The summed E-state index contributed by atoms with van der Waals surface area (Å²) in [5.74, 6) is 0. The van der Waals surface area contributed by atoms with E-state index >= 15 is 0 Å². The molecule has 0 bridgehead atoms. The minimum Gasteiger partial charge on any atom is -0.443 e. The first-order valence-corrected chi connectivity index (χ1v) is 12.7. The van der Waals surface area contributed by atoms with Crippen LogP contribution in [0.25, 0.3) is 22.0 Å². The van der Waals surface area contributed by atoms with E-state index in [4.69, 9.17) is 4.74 Å². The zero-order chi connectivity index (χ0) is 25.9. The Hall–Kier alpha value is -4.18. The Bertz CT molecular complexity index is 1580. The van der Waals surface area contributed by atoms with E-state index in [9.17, 15) is 18.0 Å². The molecule has 0 unspecified atom stereocenters. The van der Waals surface area contributed by atoms with Gasteiger partial charge >= 0.3 is 16.3 Å². The van der Waals surface area contributed by atoms with Crippen LogP contribution < -0.4 is 15.0 Å². The first kappa shape index (κ1) is 24.9. The van der Waals surface area contributed by atoms with E-state index in [-0.39, 0.29) is 17.8 Å². The number of hydrogen-bond acceptors (Lipinski definition) is 6. The van der Waals surface area contributed by atoms with Crippen molar-refractivity contribution in [3.8, 4) is 11.3 Å². The highest BCUT2D eigenvalue weighted by Gasteiger charge is 2.21. The van der Waals surface area contributed by atoms with Gasteiger partial charge in [-0.15, -0.1) is 0 Å². The van der Waals surface area contributed by atoms with Gasteiger partial charge in [0.2, 0.25) is 0 Å². The van der Waals surface area contributed by atoms with Gasteiger partial charge in [-0.1, -0.05) is 60.7 Å². The summed E-state index contributed by atoms with van der Waals surface area (Å²) >= 11 is 0. The Labute approximate surface area is 208 Å². The zero-order valence-electron chi connectivity index (χ0n) is 20.1. The molecule has 1 amide bonds. The summed E-state index contributed by atoms with van der Waals surface area (Å²) in [4.78, 5) is 25.1. The average molecular weight is 507 g/mol. The minimum atomic E-state index is -4.25. The first-order valence-electron chi connectivity index (χ1n) is 11.2. The quantitative estimate of drug-likeness (QED) is 0.403. The SMILES string of the molecule is CC(C)(C)OC(=O)NS(=O)(=O)Nc1cccc(-c2nn(Cc3ccccc3)c(=O)c3ccccc23)c1. The second-order valence-corrected chi connectivity index (χ2v) is 10.5.